The standard InChI is InChI=1S/C13H23N/c1-10(2)8-13-6-5-7-14(13)12(4)11(3)9-13/h10,12H,3,5-9H2,1-2,4H3/t12-,13-/m1/s1/i8D2. The topological polar surface area (TPSA) is 3.24 Å². The summed E-state index contributed by atoms with van der Waals surface area (Å²) in [6.45, 7) is 11.3. The third-order valence-corrected chi connectivity index (χ3v) is 3.67. The van der Waals surface area contributed by atoms with E-state index in [-0.39, 0.29) is 11.5 Å². The van der Waals surface area contributed by atoms with Crippen LogP contribution in [0.3, 0.4) is 0 Å². The van der Waals surface area contributed by atoms with Crippen LogP contribution in [0.15, 0.2) is 12.2 Å². The summed E-state index contributed by atoms with van der Waals surface area (Å²) in [6, 6.07) is 0.358. The fourth-order valence-electron chi connectivity index (χ4n) is 3.14. The minimum absolute atomic E-state index is 0.0613. The first kappa shape index (κ1) is 7.92. The molecule has 0 radical (unpaired) electrons. The van der Waals surface area contributed by atoms with Crippen LogP contribution >= 0.6 is 0 Å². The molecule has 0 aromatic heterocycles. The number of nitrogens with zero attached hydrogens (tertiary/aromatic N) is 1. The SMILES string of the molecule is [2H]C([2H])(C(C)C)[C@@]12CCCN1[C@H](C)C(=C)C2. The molecule has 80 valence electrons. The lowest BCUT2D eigenvalue weighted by atomic mass is 9.84. The summed E-state index contributed by atoms with van der Waals surface area (Å²) in [7, 11) is 0. The van der Waals surface area contributed by atoms with E-state index in [2.05, 4.69) is 18.4 Å². The summed E-state index contributed by atoms with van der Waals surface area (Å²) in [6.07, 6.45) is 1.85. The van der Waals surface area contributed by atoms with E-state index in [0.717, 1.165) is 25.8 Å². The molecule has 14 heavy (non-hydrogen) atoms. The lowest BCUT2D eigenvalue weighted by Gasteiger charge is -2.35. The van der Waals surface area contributed by atoms with Gasteiger partial charge in [-0.05, 0) is 45.0 Å². The Labute approximate surface area is 91.0 Å². The molecule has 2 saturated heterocycles. The maximum atomic E-state index is 8.46. The lowest BCUT2D eigenvalue weighted by Crippen LogP contribution is -2.42. The van der Waals surface area contributed by atoms with Crippen molar-refractivity contribution in [2.75, 3.05) is 6.54 Å². The first-order valence-electron chi connectivity index (χ1n) is 6.77. The van der Waals surface area contributed by atoms with Gasteiger partial charge in [-0.1, -0.05) is 26.0 Å². The third-order valence-electron chi connectivity index (χ3n) is 3.67. The van der Waals surface area contributed by atoms with Gasteiger partial charge in [0.1, 0.15) is 0 Å². The van der Waals surface area contributed by atoms with Gasteiger partial charge in [0.05, 0.1) is 0 Å². The van der Waals surface area contributed by atoms with Crippen molar-refractivity contribution in [3.8, 4) is 0 Å². The predicted molar refractivity (Wildman–Crippen MR) is 61.3 cm³/mol. The number of hydrogen-bond donors (Lipinski definition) is 0. The summed E-state index contributed by atoms with van der Waals surface area (Å²) in [5.41, 5.74) is 0.946. The number of rotatable bonds is 2. The highest BCUT2D eigenvalue weighted by molar-refractivity contribution is 5.22. The fourth-order valence-corrected chi connectivity index (χ4v) is 3.14. The van der Waals surface area contributed by atoms with Crippen molar-refractivity contribution in [1.29, 1.82) is 0 Å². The van der Waals surface area contributed by atoms with E-state index >= 15 is 0 Å². The van der Waals surface area contributed by atoms with Crippen molar-refractivity contribution in [3.63, 3.8) is 0 Å². The molecular formula is C13H23N. The highest BCUT2D eigenvalue weighted by Gasteiger charge is 2.48. The van der Waals surface area contributed by atoms with E-state index in [9.17, 15) is 0 Å². The highest BCUT2D eigenvalue weighted by atomic mass is 15.3. The molecule has 0 unspecified atom stereocenters. The Balaban J connectivity index is 2.40. The first-order chi connectivity index (χ1) is 7.33. The second-order valence-electron chi connectivity index (χ2n) is 5.14. The van der Waals surface area contributed by atoms with Gasteiger partial charge in [0.15, 0.2) is 0 Å². The summed E-state index contributed by atoms with van der Waals surface area (Å²) < 4.78 is 16.9. The van der Waals surface area contributed by atoms with Crippen LogP contribution in [0.4, 0.5) is 0 Å². The van der Waals surface area contributed by atoms with Crippen molar-refractivity contribution in [1.82, 2.24) is 4.90 Å². The number of fused-ring (bicyclic) bond motifs is 1. The van der Waals surface area contributed by atoms with Gasteiger partial charge in [0.25, 0.3) is 0 Å². The fraction of sp³-hybridized carbons (Fsp3) is 0.846. The molecule has 1 nitrogen and oxygen atoms in total. The quantitative estimate of drug-likeness (QED) is 0.612. The van der Waals surface area contributed by atoms with Crippen LogP contribution < -0.4 is 0 Å². The summed E-state index contributed by atoms with van der Waals surface area (Å²) in [4.78, 5) is 2.37. The maximum Gasteiger partial charge on any atom is 0.0288 e. The molecule has 0 saturated carbocycles. The van der Waals surface area contributed by atoms with E-state index in [1.54, 1.807) is 0 Å². The van der Waals surface area contributed by atoms with Crippen molar-refractivity contribution in [2.24, 2.45) is 5.92 Å². The molecule has 0 N–H and O–H groups in total. The van der Waals surface area contributed by atoms with Gasteiger partial charge in [-0.2, -0.15) is 0 Å². The van der Waals surface area contributed by atoms with Gasteiger partial charge in [-0.25, -0.2) is 0 Å². The van der Waals surface area contributed by atoms with E-state index in [1.165, 1.54) is 5.57 Å². The third kappa shape index (κ3) is 1.42. The smallest absolute Gasteiger partial charge is 0.0288 e. The molecule has 2 atom stereocenters. The molecule has 0 aromatic carbocycles. The second-order valence-corrected chi connectivity index (χ2v) is 5.14. The Bertz CT molecular complexity index is 311. The molecule has 0 spiro atoms. The molecule has 2 aliphatic rings. The van der Waals surface area contributed by atoms with Gasteiger partial charge < -0.3 is 0 Å². The molecule has 2 aliphatic heterocycles. The van der Waals surface area contributed by atoms with Crippen molar-refractivity contribution >= 4 is 0 Å². The lowest BCUT2D eigenvalue weighted by molar-refractivity contribution is 0.134. The van der Waals surface area contributed by atoms with Gasteiger partial charge >= 0.3 is 0 Å². The van der Waals surface area contributed by atoms with Crippen LogP contribution in [0.25, 0.3) is 0 Å². The van der Waals surface area contributed by atoms with Crippen LogP contribution in [0, 0.1) is 5.92 Å². The van der Waals surface area contributed by atoms with E-state index in [1.807, 2.05) is 13.8 Å². The van der Waals surface area contributed by atoms with Crippen molar-refractivity contribution < 1.29 is 2.74 Å². The Hall–Kier alpha value is -0.300. The van der Waals surface area contributed by atoms with E-state index in [4.69, 9.17) is 2.74 Å². The largest absolute Gasteiger partial charge is 0.291 e. The Morgan fingerprint density at radius 2 is 2.43 bits per heavy atom. The molecule has 0 bridgehead atoms. The highest BCUT2D eigenvalue weighted by Crippen LogP contribution is 2.47. The molecular weight excluding hydrogens is 170 g/mol. The van der Waals surface area contributed by atoms with Gasteiger partial charge in [0.2, 0.25) is 0 Å². The molecule has 2 rings (SSSR count). The maximum absolute atomic E-state index is 8.46. The Morgan fingerprint density at radius 3 is 3.07 bits per heavy atom. The minimum Gasteiger partial charge on any atom is -0.291 e. The molecule has 2 heterocycles. The summed E-state index contributed by atoms with van der Waals surface area (Å²) in [5.74, 6) is 0.0613. The number of hydrogen-bond acceptors (Lipinski definition) is 1. The average Bonchev–Trinajstić information content (AvgIpc) is 2.69. The van der Waals surface area contributed by atoms with Crippen LogP contribution in [-0.2, 0) is 0 Å². The first-order valence-corrected chi connectivity index (χ1v) is 5.77. The van der Waals surface area contributed by atoms with Gasteiger partial charge in [-0.3, -0.25) is 4.90 Å². The summed E-state index contributed by atoms with van der Waals surface area (Å²) >= 11 is 0. The predicted octanol–water partition coefficient (Wildman–Crippen LogP) is 3.22. The zero-order valence-corrected chi connectivity index (χ0v) is 9.64. The Morgan fingerprint density at radius 1 is 1.71 bits per heavy atom. The van der Waals surface area contributed by atoms with Crippen LogP contribution in [-0.4, -0.2) is 23.0 Å². The average molecular weight is 195 g/mol. The van der Waals surface area contributed by atoms with Crippen molar-refractivity contribution in [2.45, 2.75) is 58.0 Å². The zero-order valence-electron chi connectivity index (χ0n) is 11.6. The van der Waals surface area contributed by atoms with Crippen LogP contribution in [0.1, 0.15) is 49.1 Å². The van der Waals surface area contributed by atoms with E-state index in [0.29, 0.717) is 6.04 Å². The minimum atomic E-state index is -1.11. The molecule has 0 aliphatic carbocycles. The summed E-state index contributed by atoms with van der Waals surface area (Å²) in [5, 5.41) is 0. The zero-order chi connectivity index (χ0) is 12.1. The second kappa shape index (κ2) is 3.37. The molecule has 0 aromatic rings. The van der Waals surface area contributed by atoms with Crippen molar-refractivity contribution in [3.05, 3.63) is 12.2 Å². The monoisotopic (exact) mass is 195 g/mol. The van der Waals surface area contributed by atoms with Crippen LogP contribution in [0.2, 0.25) is 0 Å². The van der Waals surface area contributed by atoms with Gasteiger partial charge in [-0.15, -0.1) is 0 Å². The normalized spacial score (nSPS) is 41.4. The Kier molecular flexibility index (Phi) is 1.91. The molecule has 2 fully saturated rings. The van der Waals surface area contributed by atoms with E-state index < -0.39 is 6.37 Å². The molecule has 0 amide bonds. The van der Waals surface area contributed by atoms with Crippen LogP contribution in [0.5, 0.6) is 0 Å². The van der Waals surface area contributed by atoms with Gasteiger partial charge in [0, 0.05) is 14.3 Å². The molecule has 1 heteroatoms.